The summed E-state index contributed by atoms with van der Waals surface area (Å²) in [6, 6.07) is 7.00. The smallest absolute Gasteiger partial charge is 0.317 e. The number of nitrogens with zero attached hydrogens (tertiary/aromatic N) is 2. The van der Waals surface area contributed by atoms with Gasteiger partial charge in [-0.25, -0.2) is 4.79 Å². The Kier molecular flexibility index (Phi) is 8.43. The fourth-order valence-electron chi connectivity index (χ4n) is 1.98. The first-order chi connectivity index (χ1) is 11.0. The van der Waals surface area contributed by atoms with Crippen LogP contribution in [0, 0.1) is 0 Å². The van der Waals surface area contributed by atoms with Gasteiger partial charge in [0.15, 0.2) is 0 Å². The van der Waals surface area contributed by atoms with Gasteiger partial charge in [-0.3, -0.25) is 4.79 Å². The van der Waals surface area contributed by atoms with E-state index in [4.69, 9.17) is 16.7 Å². The summed E-state index contributed by atoms with van der Waals surface area (Å²) in [5, 5.41) is 12.5. The van der Waals surface area contributed by atoms with Crippen molar-refractivity contribution in [3.63, 3.8) is 0 Å². The van der Waals surface area contributed by atoms with Crippen molar-refractivity contribution in [2.75, 3.05) is 33.8 Å². The molecule has 1 aromatic rings. The molecule has 1 aromatic carbocycles. The quantitative estimate of drug-likeness (QED) is 0.707. The van der Waals surface area contributed by atoms with E-state index in [1.165, 1.54) is 9.80 Å². The van der Waals surface area contributed by atoms with E-state index in [0.29, 0.717) is 31.0 Å². The highest BCUT2D eigenvalue weighted by Gasteiger charge is 2.14. The number of amides is 3. The van der Waals surface area contributed by atoms with Crippen LogP contribution in [0.4, 0.5) is 4.79 Å². The average molecular weight is 342 g/mol. The number of carbonyl (C=O) groups excluding carboxylic acids is 2. The second-order valence-corrected chi connectivity index (χ2v) is 5.77. The molecule has 0 heterocycles. The van der Waals surface area contributed by atoms with Gasteiger partial charge in [0.25, 0.3) is 0 Å². The fraction of sp³-hybridized carbons (Fsp3) is 0.500. The van der Waals surface area contributed by atoms with E-state index in [9.17, 15) is 9.59 Å². The number of rotatable bonds is 8. The fourth-order valence-corrected chi connectivity index (χ4v) is 2.17. The number of aliphatic hydroxyl groups excluding tert-OH is 1. The minimum Gasteiger partial charge on any atom is -0.395 e. The molecule has 0 atom stereocenters. The van der Waals surface area contributed by atoms with E-state index in [2.05, 4.69) is 5.32 Å². The third-order valence-corrected chi connectivity index (χ3v) is 3.69. The molecule has 0 radical (unpaired) electrons. The highest BCUT2D eigenvalue weighted by Crippen LogP contribution is 2.16. The van der Waals surface area contributed by atoms with Crippen LogP contribution in [-0.2, 0) is 11.3 Å². The molecule has 0 aliphatic carbocycles. The lowest BCUT2D eigenvalue weighted by molar-refractivity contribution is -0.128. The van der Waals surface area contributed by atoms with Crippen molar-refractivity contribution in [3.05, 3.63) is 34.9 Å². The van der Waals surface area contributed by atoms with E-state index in [1.807, 2.05) is 18.2 Å². The first kappa shape index (κ1) is 19.3. The summed E-state index contributed by atoms with van der Waals surface area (Å²) in [5.74, 6) is 0.0301. The zero-order valence-corrected chi connectivity index (χ0v) is 14.3. The van der Waals surface area contributed by atoms with Crippen LogP contribution >= 0.6 is 11.6 Å². The van der Waals surface area contributed by atoms with Gasteiger partial charge in [0, 0.05) is 45.2 Å². The highest BCUT2D eigenvalue weighted by atomic mass is 35.5. The maximum atomic E-state index is 12.2. The molecule has 0 aromatic heterocycles. The first-order valence-electron chi connectivity index (χ1n) is 7.53. The Morgan fingerprint density at radius 3 is 2.57 bits per heavy atom. The number of urea groups is 1. The molecule has 6 nitrogen and oxygen atoms in total. The Balaban J connectivity index is 2.48. The number of hydrogen-bond donors (Lipinski definition) is 2. The topological polar surface area (TPSA) is 72.9 Å². The monoisotopic (exact) mass is 341 g/mol. The number of halogens is 1. The van der Waals surface area contributed by atoms with Crippen molar-refractivity contribution >= 4 is 23.5 Å². The summed E-state index contributed by atoms with van der Waals surface area (Å²) >= 11 is 6.10. The summed E-state index contributed by atoms with van der Waals surface area (Å²) in [5.41, 5.74) is 0.820. The molecule has 0 unspecified atom stereocenters. The number of aliphatic hydroxyl groups is 1. The molecular formula is C16H24ClN3O3. The molecule has 0 spiro atoms. The van der Waals surface area contributed by atoms with Gasteiger partial charge in [0.2, 0.25) is 5.91 Å². The summed E-state index contributed by atoms with van der Waals surface area (Å²) in [7, 11) is 3.40. The summed E-state index contributed by atoms with van der Waals surface area (Å²) in [6.45, 7) is 0.816. The van der Waals surface area contributed by atoms with Crippen molar-refractivity contribution in [2.45, 2.75) is 19.4 Å². The third kappa shape index (κ3) is 6.88. The van der Waals surface area contributed by atoms with E-state index >= 15 is 0 Å². The molecule has 1 rings (SSSR count). The Bertz CT molecular complexity index is 523. The molecule has 7 heteroatoms. The lowest BCUT2D eigenvalue weighted by Gasteiger charge is -2.23. The van der Waals surface area contributed by atoms with Crippen molar-refractivity contribution in [1.29, 1.82) is 0 Å². The molecule has 23 heavy (non-hydrogen) atoms. The van der Waals surface area contributed by atoms with Crippen molar-refractivity contribution in [3.8, 4) is 0 Å². The van der Waals surface area contributed by atoms with Gasteiger partial charge >= 0.3 is 6.03 Å². The second-order valence-electron chi connectivity index (χ2n) is 5.36. The largest absolute Gasteiger partial charge is 0.395 e. The van der Waals surface area contributed by atoms with Gasteiger partial charge in [-0.1, -0.05) is 29.8 Å². The molecule has 0 aliphatic heterocycles. The Morgan fingerprint density at radius 2 is 1.96 bits per heavy atom. The van der Waals surface area contributed by atoms with Crippen LogP contribution in [0.1, 0.15) is 18.4 Å². The lowest BCUT2D eigenvalue weighted by atomic mass is 10.2. The maximum absolute atomic E-state index is 12.2. The Hall–Kier alpha value is -1.79. The van der Waals surface area contributed by atoms with E-state index in [1.54, 1.807) is 20.2 Å². The number of benzene rings is 1. The van der Waals surface area contributed by atoms with Gasteiger partial charge in [-0.15, -0.1) is 0 Å². The Labute approximate surface area is 142 Å². The molecule has 0 saturated carbocycles. The zero-order chi connectivity index (χ0) is 17.2. The van der Waals surface area contributed by atoms with Gasteiger partial charge in [-0.2, -0.15) is 0 Å². The lowest BCUT2D eigenvalue weighted by Crippen LogP contribution is -2.41. The predicted molar refractivity (Wildman–Crippen MR) is 90.3 cm³/mol. The molecule has 3 amide bonds. The predicted octanol–water partition coefficient (Wildman–Crippen LogP) is 1.71. The van der Waals surface area contributed by atoms with Gasteiger partial charge in [0.1, 0.15) is 0 Å². The van der Waals surface area contributed by atoms with Crippen molar-refractivity contribution in [1.82, 2.24) is 15.1 Å². The summed E-state index contributed by atoms with van der Waals surface area (Å²) < 4.78 is 0. The molecule has 0 bridgehead atoms. The van der Waals surface area contributed by atoms with Crippen molar-refractivity contribution < 1.29 is 14.7 Å². The van der Waals surface area contributed by atoms with Crippen LogP contribution in [-0.4, -0.2) is 60.6 Å². The average Bonchev–Trinajstić information content (AvgIpc) is 2.52. The number of nitrogens with one attached hydrogen (secondary N) is 1. The van der Waals surface area contributed by atoms with Gasteiger partial charge in [0.05, 0.1) is 6.61 Å². The standard InChI is InChI=1S/C16H24ClN3O3/c1-19(2)15(22)8-5-9-18-16(23)20(10-11-21)12-13-6-3-4-7-14(13)17/h3-4,6-7,21H,5,8-12H2,1-2H3,(H,18,23). The molecule has 0 saturated heterocycles. The van der Waals surface area contributed by atoms with Crippen LogP contribution in [0.25, 0.3) is 0 Å². The van der Waals surface area contributed by atoms with Crippen LogP contribution < -0.4 is 5.32 Å². The van der Waals surface area contributed by atoms with Crippen LogP contribution in [0.3, 0.4) is 0 Å². The summed E-state index contributed by atoms with van der Waals surface area (Å²) in [4.78, 5) is 26.7. The molecular weight excluding hydrogens is 318 g/mol. The third-order valence-electron chi connectivity index (χ3n) is 3.32. The molecule has 2 N–H and O–H groups in total. The normalized spacial score (nSPS) is 10.3. The van der Waals surface area contributed by atoms with E-state index in [0.717, 1.165) is 5.56 Å². The van der Waals surface area contributed by atoms with E-state index < -0.39 is 0 Å². The maximum Gasteiger partial charge on any atom is 0.317 e. The first-order valence-corrected chi connectivity index (χ1v) is 7.90. The Morgan fingerprint density at radius 1 is 1.26 bits per heavy atom. The molecule has 128 valence electrons. The minimum atomic E-state index is -0.281. The SMILES string of the molecule is CN(C)C(=O)CCCNC(=O)N(CCO)Cc1ccccc1Cl. The van der Waals surface area contributed by atoms with Gasteiger partial charge < -0.3 is 20.2 Å². The highest BCUT2D eigenvalue weighted by molar-refractivity contribution is 6.31. The van der Waals surface area contributed by atoms with Crippen LogP contribution in [0.2, 0.25) is 5.02 Å². The van der Waals surface area contributed by atoms with Crippen LogP contribution in [0.15, 0.2) is 24.3 Å². The number of carbonyl (C=O) groups is 2. The zero-order valence-electron chi connectivity index (χ0n) is 13.6. The summed E-state index contributed by atoms with van der Waals surface area (Å²) in [6.07, 6.45) is 0.958. The van der Waals surface area contributed by atoms with Crippen molar-refractivity contribution in [2.24, 2.45) is 0 Å². The van der Waals surface area contributed by atoms with Gasteiger partial charge in [-0.05, 0) is 18.1 Å². The molecule has 0 fully saturated rings. The minimum absolute atomic E-state index is 0.0301. The molecule has 0 aliphatic rings. The number of hydrogen-bond acceptors (Lipinski definition) is 3. The van der Waals surface area contributed by atoms with E-state index in [-0.39, 0.29) is 25.1 Å². The van der Waals surface area contributed by atoms with Crippen LogP contribution in [0.5, 0.6) is 0 Å². The second kappa shape index (κ2) is 10.1.